The van der Waals surface area contributed by atoms with Crippen molar-refractivity contribution in [3.63, 3.8) is 0 Å². The van der Waals surface area contributed by atoms with Gasteiger partial charge in [0.15, 0.2) is 0 Å². The molecule has 0 bridgehead atoms. The van der Waals surface area contributed by atoms with E-state index >= 15 is 0 Å². The smallest absolute Gasteiger partial charge is 0.343 e. The number of amides is 1. The van der Waals surface area contributed by atoms with Crippen LogP contribution in [-0.4, -0.2) is 77.3 Å². The van der Waals surface area contributed by atoms with E-state index in [-0.39, 0.29) is 31.1 Å². The minimum absolute atomic E-state index is 0.138. The highest BCUT2D eigenvalue weighted by atomic mass is 16.6. The topological polar surface area (TPSA) is 128 Å². The van der Waals surface area contributed by atoms with E-state index in [1.165, 1.54) is 0 Å². The van der Waals surface area contributed by atoms with Crippen LogP contribution >= 0.6 is 0 Å². The maximum atomic E-state index is 12.7. The fraction of sp³-hybridized carbons (Fsp3) is 0.361. The summed E-state index contributed by atoms with van der Waals surface area (Å²) >= 11 is 0. The van der Waals surface area contributed by atoms with Gasteiger partial charge in [0.05, 0.1) is 45.2 Å². The van der Waals surface area contributed by atoms with Crippen molar-refractivity contribution in [1.82, 2.24) is 0 Å². The largest absolute Gasteiger partial charge is 0.494 e. The Morgan fingerprint density at radius 3 is 1.98 bits per heavy atom. The molecule has 1 aliphatic rings. The lowest BCUT2D eigenvalue weighted by molar-refractivity contribution is -0.139. The van der Waals surface area contributed by atoms with Crippen LogP contribution in [0.25, 0.3) is 0 Å². The first-order valence-electron chi connectivity index (χ1n) is 15.5. The Hall–Kier alpha value is -4.71. The molecule has 1 heterocycles. The molecule has 0 radical (unpaired) electrons. The van der Waals surface area contributed by atoms with Crippen molar-refractivity contribution in [2.45, 2.75) is 19.8 Å². The summed E-state index contributed by atoms with van der Waals surface area (Å²) in [5.41, 5.74) is 1.56. The van der Waals surface area contributed by atoms with Gasteiger partial charge in [-0.05, 0) is 85.6 Å². The van der Waals surface area contributed by atoms with Crippen LogP contribution in [0.5, 0.6) is 17.2 Å². The number of carbonyl (C=O) groups excluding carboxylic acids is 3. The van der Waals surface area contributed by atoms with Crippen LogP contribution in [0, 0.1) is 5.41 Å². The Morgan fingerprint density at radius 2 is 1.34 bits per heavy atom. The lowest BCUT2D eigenvalue weighted by atomic mass is 9.90. The number of unbranched alkanes of at least 4 members (excludes halogenated alkanes) is 1. The van der Waals surface area contributed by atoms with Crippen LogP contribution < -0.4 is 19.5 Å². The van der Waals surface area contributed by atoms with E-state index in [1.54, 1.807) is 72.8 Å². The minimum Gasteiger partial charge on any atom is -0.494 e. The average molecular weight is 648 g/mol. The van der Waals surface area contributed by atoms with Gasteiger partial charge in [0.1, 0.15) is 30.5 Å². The first-order valence-corrected chi connectivity index (χ1v) is 15.5. The van der Waals surface area contributed by atoms with E-state index < -0.39 is 11.9 Å². The van der Waals surface area contributed by atoms with Gasteiger partial charge in [0.2, 0.25) is 0 Å². The quantitative estimate of drug-likeness (QED) is 0.0727. The van der Waals surface area contributed by atoms with Gasteiger partial charge in [-0.25, -0.2) is 9.59 Å². The van der Waals surface area contributed by atoms with Crippen molar-refractivity contribution in [3.8, 4) is 17.2 Å². The highest BCUT2D eigenvalue weighted by Gasteiger charge is 2.33. The zero-order valence-corrected chi connectivity index (χ0v) is 26.6. The number of carbonyl (C=O) groups is 3. The maximum absolute atomic E-state index is 12.7. The van der Waals surface area contributed by atoms with Gasteiger partial charge in [0, 0.05) is 29.3 Å². The molecule has 0 atom stereocenters. The standard InChI is InChI=1S/C36H41NO10/c1-3-33(38)46-23-21-41-20-22-45-31-14-8-28(9-15-31)35(40)47-32-16-10-29(11-17-32)37-34(39)27-6-12-30(13-7-27)44-19-5-4-18-42-24-36(2)25-43-26-36/h3,6-17H,1,4-5,18-26H2,2H3,(H,37,39). The van der Waals surface area contributed by atoms with Crippen LogP contribution in [0.3, 0.4) is 0 Å². The summed E-state index contributed by atoms with van der Waals surface area (Å²) in [5.74, 6) is 0.291. The molecule has 1 amide bonds. The van der Waals surface area contributed by atoms with Crippen LogP contribution in [0.2, 0.25) is 0 Å². The van der Waals surface area contributed by atoms with Crippen molar-refractivity contribution < 1.29 is 47.5 Å². The Bertz CT molecular complexity index is 1430. The molecule has 0 spiro atoms. The molecule has 11 heteroatoms. The molecule has 1 fully saturated rings. The summed E-state index contributed by atoms with van der Waals surface area (Å²) in [5, 5.41) is 2.84. The van der Waals surface area contributed by atoms with Crippen LogP contribution in [0.1, 0.15) is 40.5 Å². The molecule has 250 valence electrons. The molecule has 3 aromatic carbocycles. The first-order chi connectivity index (χ1) is 22.8. The van der Waals surface area contributed by atoms with Crippen LogP contribution in [0.4, 0.5) is 5.69 Å². The zero-order chi connectivity index (χ0) is 33.3. The van der Waals surface area contributed by atoms with Gasteiger partial charge < -0.3 is 38.5 Å². The molecule has 3 aromatic rings. The average Bonchev–Trinajstić information content (AvgIpc) is 3.07. The third kappa shape index (κ3) is 12.2. The van der Waals surface area contributed by atoms with E-state index in [9.17, 15) is 14.4 Å². The summed E-state index contributed by atoms with van der Waals surface area (Å²) in [6, 6.07) is 20.0. The molecule has 11 nitrogen and oxygen atoms in total. The molecule has 4 rings (SSSR count). The van der Waals surface area contributed by atoms with Crippen molar-refractivity contribution in [2.75, 3.05) is 64.8 Å². The van der Waals surface area contributed by atoms with Gasteiger partial charge in [-0.15, -0.1) is 0 Å². The number of rotatable bonds is 20. The normalized spacial score (nSPS) is 13.1. The molecule has 1 N–H and O–H groups in total. The van der Waals surface area contributed by atoms with Gasteiger partial charge in [-0.1, -0.05) is 13.5 Å². The van der Waals surface area contributed by atoms with Gasteiger partial charge in [-0.3, -0.25) is 4.79 Å². The second-order valence-corrected chi connectivity index (χ2v) is 11.2. The number of hydrogen-bond donors (Lipinski definition) is 1. The third-order valence-electron chi connectivity index (χ3n) is 6.97. The molecule has 0 aliphatic carbocycles. The number of hydrogen-bond acceptors (Lipinski definition) is 10. The summed E-state index contributed by atoms with van der Waals surface area (Å²) in [4.78, 5) is 36.3. The molecule has 0 saturated carbocycles. The van der Waals surface area contributed by atoms with Gasteiger partial charge >= 0.3 is 11.9 Å². The van der Waals surface area contributed by atoms with E-state index in [0.717, 1.165) is 38.7 Å². The lowest BCUT2D eigenvalue weighted by Crippen LogP contribution is -2.43. The number of ether oxygens (including phenoxy) is 7. The van der Waals surface area contributed by atoms with Crippen LogP contribution in [0.15, 0.2) is 85.5 Å². The fourth-order valence-corrected chi connectivity index (χ4v) is 4.29. The SMILES string of the molecule is C=CC(=O)OCCOCCOc1ccc(C(=O)Oc2ccc(NC(=O)c3ccc(OCCCCOCC4(C)COC4)cc3)cc2)cc1. The van der Waals surface area contributed by atoms with Gasteiger partial charge in [0.25, 0.3) is 5.91 Å². The molecule has 1 saturated heterocycles. The fourth-order valence-electron chi connectivity index (χ4n) is 4.29. The van der Waals surface area contributed by atoms with Gasteiger partial charge in [-0.2, -0.15) is 0 Å². The summed E-state index contributed by atoms with van der Waals surface area (Å²) < 4.78 is 37.9. The lowest BCUT2D eigenvalue weighted by Gasteiger charge is -2.37. The van der Waals surface area contributed by atoms with Crippen LogP contribution in [-0.2, 0) is 23.7 Å². The Labute approximate surface area is 274 Å². The highest BCUT2D eigenvalue weighted by Crippen LogP contribution is 2.26. The summed E-state index contributed by atoms with van der Waals surface area (Å²) in [6.45, 7) is 9.99. The Kier molecular flexibility index (Phi) is 13.8. The predicted molar refractivity (Wildman–Crippen MR) is 174 cm³/mol. The molecular weight excluding hydrogens is 606 g/mol. The van der Waals surface area contributed by atoms with E-state index in [4.69, 9.17) is 33.2 Å². The van der Waals surface area contributed by atoms with Crippen molar-refractivity contribution in [3.05, 3.63) is 96.6 Å². The number of esters is 2. The second kappa shape index (κ2) is 18.4. The molecule has 0 aromatic heterocycles. The van der Waals surface area contributed by atoms with Crippen molar-refractivity contribution in [2.24, 2.45) is 5.41 Å². The van der Waals surface area contributed by atoms with E-state index in [0.29, 0.717) is 53.9 Å². The molecule has 0 unspecified atom stereocenters. The summed E-state index contributed by atoms with van der Waals surface area (Å²) in [7, 11) is 0. The number of benzene rings is 3. The first kappa shape index (κ1) is 35.1. The third-order valence-corrected chi connectivity index (χ3v) is 6.97. The van der Waals surface area contributed by atoms with Crippen molar-refractivity contribution in [1.29, 1.82) is 0 Å². The maximum Gasteiger partial charge on any atom is 0.343 e. The predicted octanol–water partition coefficient (Wildman–Crippen LogP) is 5.49. The second-order valence-electron chi connectivity index (χ2n) is 11.2. The van der Waals surface area contributed by atoms with Crippen molar-refractivity contribution >= 4 is 23.5 Å². The molecular formula is C36H41NO10. The highest BCUT2D eigenvalue weighted by molar-refractivity contribution is 6.04. The Morgan fingerprint density at radius 1 is 0.745 bits per heavy atom. The van der Waals surface area contributed by atoms with E-state index in [1.807, 2.05) is 0 Å². The molecule has 47 heavy (non-hydrogen) atoms. The molecule has 1 aliphatic heterocycles. The monoisotopic (exact) mass is 647 g/mol. The van der Waals surface area contributed by atoms with E-state index in [2.05, 4.69) is 18.8 Å². The Balaban J connectivity index is 1.10. The summed E-state index contributed by atoms with van der Waals surface area (Å²) in [6.07, 6.45) is 2.88. The number of anilines is 1. The number of nitrogens with one attached hydrogen (secondary N) is 1. The minimum atomic E-state index is -0.532. The zero-order valence-electron chi connectivity index (χ0n) is 26.6.